The Kier molecular flexibility index (Phi) is 9.96. The van der Waals surface area contributed by atoms with Gasteiger partial charge in [0.25, 0.3) is 5.91 Å². The van der Waals surface area contributed by atoms with Crippen molar-refractivity contribution in [3.05, 3.63) is 48.0 Å². The number of amides is 2. The number of carbonyl (C=O) groups is 2. The van der Waals surface area contributed by atoms with Gasteiger partial charge in [-0.05, 0) is 122 Å². The second-order valence-corrected chi connectivity index (χ2v) is 19.9. The lowest BCUT2D eigenvalue weighted by atomic mass is 9.44. The zero-order valence-electron chi connectivity index (χ0n) is 31.3. The van der Waals surface area contributed by atoms with Crippen LogP contribution in [0, 0.1) is 34.5 Å². The highest BCUT2D eigenvalue weighted by Crippen LogP contribution is 2.67. The van der Waals surface area contributed by atoms with Gasteiger partial charge < -0.3 is 9.80 Å². The molecule has 2 heterocycles. The van der Waals surface area contributed by atoms with E-state index in [9.17, 15) is 26.4 Å². The van der Waals surface area contributed by atoms with E-state index in [0.717, 1.165) is 55.7 Å². The molecule has 4 saturated carbocycles. The van der Waals surface area contributed by atoms with Crippen molar-refractivity contribution >= 4 is 43.2 Å². The molecule has 6 aliphatic rings. The molecular formula is C39H55N5O8S2. The molecule has 13 nitrogen and oxygen atoms in total. The number of likely N-dealkylation sites (tertiary alicyclic amines) is 1. The Labute approximate surface area is 319 Å². The average molecular weight is 786 g/mol. The van der Waals surface area contributed by atoms with E-state index in [1.807, 2.05) is 47.4 Å². The number of hydrogen-bond donors (Lipinski definition) is 2. The van der Waals surface area contributed by atoms with Crippen molar-refractivity contribution in [3.63, 3.8) is 0 Å². The van der Waals surface area contributed by atoms with Gasteiger partial charge in [-0.2, -0.15) is 16.8 Å². The maximum atomic E-state index is 14.1. The molecule has 0 spiro atoms. The monoisotopic (exact) mass is 785 g/mol. The van der Waals surface area contributed by atoms with E-state index in [4.69, 9.17) is 18.6 Å². The van der Waals surface area contributed by atoms with Crippen LogP contribution < -0.4 is 10.3 Å². The molecular weight excluding hydrogens is 731 g/mol. The summed E-state index contributed by atoms with van der Waals surface area (Å²) in [6.45, 7) is 7.18. The van der Waals surface area contributed by atoms with Gasteiger partial charge in [0, 0.05) is 44.3 Å². The first-order valence-electron chi connectivity index (χ1n) is 19.8. The lowest BCUT2D eigenvalue weighted by Gasteiger charge is -2.62. The fourth-order valence-electron chi connectivity index (χ4n) is 12.4. The zero-order chi connectivity index (χ0) is 38.2. The third-order valence-electron chi connectivity index (χ3n) is 15.0. The van der Waals surface area contributed by atoms with E-state index in [1.54, 1.807) is 4.90 Å². The molecule has 8 rings (SSSR count). The normalized spacial score (nSPS) is 37.5. The van der Waals surface area contributed by atoms with Crippen LogP contribution in [0.3, 0.4) is 0 Å². The minimum atomic E-state index is -4.20. The molecule has 2 saturated heterocycles. The van der Waals surface area contributed by atoms with Gasteiger partial charge >= 0.3 is 20.6 Å². The molecule has 1 unspecified atom stereocenters. The van der Waals surface area contributed by atoms with Gasteiger partial charge in [-0.1, -0.05) is 44.2 Å². The summed E-state index contributed by atoms with van der Waals surface area (Å²) in [5, 5.41) is 12.9. The van der Waals surface area contributed by atoms with Crippen molar-refractivity contribution < 1.29 is 34.8 Å². The molecule has 2 aliphatic heterocycles. The van der Waals surface area contributed by atoms with Crippen LogP contribution in [0.4, 0.5) is 0 Å². The summed E-state index contributed by atoms with van der Waals surface area (Å²) in [7, 11) is -8.26. The van der Waals surface area contributed by atoms with Crippen molar-refractivity contribution in [2.45, 2.75) is 102 Å². The van der Waals surface area contributed by atoms with Crippen LogP contribution in [0.25, 0.3) is 10.8 Å². The van der Waals surface area contributed by atoms with E-state index >= 15 is 0 Å². The van der Waals surface area contributed by atoms with Gasteiger partial charge in [-0.25, -0.2) is 10.3 Å². The molecule has 2 aromatic rings. The van der Waals surface area contributed by atoms with Gasteiger partial charge in [0.05, 0.1) is 12.2 Å². The third-order valence-corrected chi connectivity index (χ3v) is 16.0. The summed E-state index contributed by atoms with van der Waals surface area (Å²) in [6, 6.07) is 12.9. The van der Waals surface area contributed by atoms with Crippen LogP contribution in [-0.4, -0.2) is 100 Å². The number of nitrogens with zero attached hydrogens (tertiary/aromatic N) is 3. The van der Waals surface area contributed by atoms with Crippen molar-refractivity contribution in [3.8, 4) is 0 Å². The lowest BCUT2D eigenvalue weighted by Crippen LogP contribution is -2.63. The minimum absolute atomic E-state index is 0.0315. The van der Waals surface area contributed by atoms with Crippen LogP contribution in [0.5, 0.6) is 0 Å². The zero-order valence-corrected chi connectivity index (χ0v) is 33.0. The summed E-state index contributed by atoms with van der Waals surface area (Å²) in [5.41, 5.74) is 0.245. The number of benzene rings is 2. The molecule has 0 aromatic heterocycles. The maximum absolute atomic E-state index is 14.1. The van der Waals surface area contributed by atoms with Crippen molar-refractivity contribution in [1.29, 1.82) is 0 Å². The largest absolute Gasteiger partial charge is 0.338 e. The van der Waals surface area contributed by atoms with Gasteiger partial charge in [-0.15, -0.1) is 0 Å². The van der Waals surface area contributed by atoms with Crippen LogP contribution in [0.2, 0.25) is 0 Å². The minimum Gasteiger partial charge on any atom is -0.338 e. The first-order chi connectivity index (χ1) is 25.5. The highest BCUT2D eigenvalue weighted by Gasteiger charge is 2.62. The second kappa shape index (κ2) is 14.1. The SMILES string of the molecule is C[C@]12CC[C@H]3[C@@H](CCC4C[C@H](OS(N)(=O)=O)[C@@H](N5CCN(C(=O)[C@@H]6CCCN6C(=O)c6ccc7ccccc7c6)CC5)C[C@@]43C)[C@@H]1CC[C@@H]2OS(N)(=O)=O. The first-order valence-corrected chi connectivity index (χ1v) is 22.7. The second-order valence-electron chi connectivity index (χ2n) is 17.6. The number of rotatable bonds is 7. The number of fused-ring (bicyclic) bond motifs is 6. The van der Waals surface area contributed by atoms with Gasteiger partial charge in [0.1, 0.15) is 6.04 Å². The van der Waals surface area contributed by atoms with Crippen molar-refractivity contribution in [2.75, 3.05) is 32.7 Å². The quantitative estimate of drug-likeness (QED) is 0.422. The molecule has 0 radical (unpaired) electrons. The van der Waals surface area contributed by atoms with Crippen molar-refractivity contribution in [1.82, 2.24) is 14.7 Å². The van der Waals surface area contributed by atoms with Crippen LogP contribution in [-0.2, 0) is 33.8 Å². The summed E-state index contributed by atoms with van der Waals surface area (Å²) in [5.74, 6) is 1.25. The van der Waals surface area contributed by atoms with E-state index in [-0.39, 0.29) is 34.6 Å². The molecule has 10 atom stereocenters. The number of piperazine rings is 1. The maximum Gasteiger partial charge on any atom is 0.333 e. The standard InChI is InChI=1S/C39H55N5O8S2/c1-38-16-15-31-29(30(38)13-14-35(38)52-54(41,49)50)12-11-28-23-34(51-53(40,47)48)33(24-39(28,31)2)42-18-20-43(21-19-42)37(46)32-8-5-17-44(32)36(45)27-10-9-25-6-3-4-7-26(25)22-27/h3-4,6-7,9-10,22,28-35H,5,8,11-21,23-24H2,1-2H3,(H2,40,47,48)(H2,41,49,50)/t28?,29-,30-,31-,32-,33-,34-,35-,38-,39-/m0/s1. The number of hydrogen-bond acceptors (Lipinski definition) is 9. The van der Waals surface area contributed by atoms with Crippen LogP contribution >= 0.6 is 0 Å². The predicted molar refractivity (Wildman–Crippen MR) is 203 cm³/mol. The Hall–Kier alpha value is -2.66. The molecule has 2 amide bonds. The van der Waals surface area contributed by atoms with E-state index < -0.39 is 38.9 Å². The number of carbonyl (C=O) groups excluding carboxylic acids is 2. The van der Waals surface area contributed by atoms with Crippen molar-refractivity contribution in [2.24, 2.45) is 44.8 Å². The molecule has 4 aliphatic carbocycles. The fourth-order valence-corrected chi connectivity index (χ4v) is 13.6. The summed E-state index contributed by atoms with van der Waals surface area (Å²) in [6.07, 6.45) is 7.06. The molecule has 0 bridgehead atoms. The lowest BCUT2D eigenvalue weighted by molar-refractivity contribution is -0.152. The highest BCUT2D eigenvalue weighted by molar-refractivity contribution is 7.84. The molecule has 2 aromatic carbocycles. The Bertz CT molecular complexity index is 2010. The first kappa shape index (κ1) is 38.2. The number of nitrogens with two attached hydrogens (primary N) is 2. The summed E-state index contributed by atoms with van der Waals surface area (Å²) in [4.78, 5) is 33.7. The topological polar surface area (TPSA) is 183 Å². The smallest absolute Gasteiger partial charge is 0.333 e. The fraction of sp³-hybridized carbons (Fsp3) is 0.692. The highest BCUT2D eigenvalue weighted by atomic mass is 32.2. The summed E-state index contributed by atoms with van der Waals surface area (Å²) < 4.78 is 59.9. The van der Waals surface area contributed by atoms with E-state index in [1.165, 1.54) is 0 Å². The molecule has 6 fully saturated rings. The molecule has 296 valence electrons. The van der Waals surface area contributed by atoms with Crippen LogP contribution in [0.15, 0.2) is 42.5 Å². The van der Waals surface area contributed by atoms with Gasteiger partial charge in [0.2, 0.25) is 5.91 Å². The van der Waals surface area contributed by atoms with Crippen LogP contribution in [0.1, 0.15) is 88.4 Å². The van der Waals surface area contributed by atoms with E-state index in [0.29, 0.717) is 75.3 Å². The molecule has 54 heavy (non-hydrogen) atoms. The average Bonchev–Trinajstić information content (AvgIpc) is 3.74. The Morgan fingerprint density at radius 2 is 1.48 bits per heavy atom. The Balaban J connectivity index is 0.964. The third kappa shape index (κ3) is 7.00. The van der Waals surface area contributed by atoms with Gasteiger partial charge in [-0.3, -0.25) is 22.9 Å². The predicted octanol–water partition coefficient (Wildman–Crippen LogP) is 3.79. The van der Waals surface area contributed by atoms with E-state index in [2.05, 4.69) is 18.7 Å². The Morgan fingerprint density at radius 3 is 2.20 bits per heavy atom. The molecule has 4 N–H and O–H groups in total. The summed E-state index contributed by atoms with van der Waals surface area (Å²) >= 11 is 0. The Morgan fingerprint density at radius 1 is 0.778 bits per heavy atom. The molecule has 15 heteroatoms. The van der Waals surface area contributed by atoms with Gasteiger partial charge in [0.15, 0.2) is 0 Å².